The summed E-state index contributed by atoms with van der Waals surface area (Å²) < 4.78 is 11.6. The smallest absolute Gasteiger partial charge is 0.307 e. The van der Waals surface area contributed by atoms with Crippen molar-refractivity contribution >= 4 is 41.3 Å². The molecule has 2 aromatic rings. The van der Waals surface area contributed by atoms with Gasteiger partial charge < -0.3 is 14.4 Å². The van der Waals surface area contributed by atoms with Gasteiger partial charge in [0, 0.05) is 27.6 Å². The fourth-order valence-corrected chi connectivity index (χ4v) is 4.94. The molecule has 1 fully saturated rings. The number of fused-ring (bicyclic) bond motifs is 2. The fourth-order valence-electron chi connectivity index (χ4n) is 4.58. The van der Waals surface area contributed by atoms with Crippen LogP contribution in [0.2, 0.25) is 10.0 Å². The van der Waals surface area contributed by atoms with E-state index in [1.54, 1.807) is 12.1 Å². The van der Waals surface area contributed by atoms with Crippen LogP contribution in [0.5, 0.6) is 5.75 Å². The van der Waals surface area contributed by atoms with E-state index in [9.17, 15) is 4.79 Å². The van der Waals surface area contributed by atoms with Crippen LogP contribution in [-0.2, 0) is 14.9 Å². The van der Waals surface area contributed by atoms with Crippen LogP contribution in [0.15, 0.2) is 36.4 Å². The first kappa shape index (κ1) is 24.1. The number of rotatable bonds is 5. The first-order chi connectivity index (χ1) is 15.6. The number of hydrogen-bond acceptors (Lipinski definition) is 4. The highest BCUT2D eigenvalue weighted by atomic mass is 35.5. The molecule has 6 heteroatoms. The Morgan fingerprint density at radius 3 is 2.61 bits per heavy atom. The number of halogens is 2. The van der Waals surface area contributed by atoms with Gasteiger partial charge >= 0.3 is 5.97 Å². The number of hydrogen-bond donors (Lipinski definition) is 0. The summed E-state index contributed by atoms with van der Waals surface area (Å²) >= 11 is 12.4. The summed E-state index contributed by atoms with van der Waals surface area (Å²) in [4.78, 5) is 14.4. The van der Waals surface area contributed by atoms with Crippen LogP contribution in [0.3, 0.4) is 0 Å². The summed E-state index contributed by atoms with van der Waals surface area (Å²) in [6.45, 7) is 9.09. The van der Waals surface area contributed by atoms with Gasteiger partial charge in [0.05, 0.1) is 13.0 Å². The van der Waals surface area contributed by atoms with Crippen molar-refractivity contribution in [3.8, 4) is 5.75 Å². The SMILES string of the molecule is CC(C)(C)OC(=O)CCN1CCC2(CC1)COc1cc(C=Cc3cc(Cl)ccc3Cl)ccc12. The first-order valence-corrected chi connectivity index (χ1v) is 12.2. The Morgan fingerprint density at radius 2 is 1.88 bits per heavy atom. The lowest BCUT2D eigenvalue weighted by atomic mass is 9.74. The largest absolute Gasteiger partial charge is 0.492 e. The molecular formula is C27H31Cl2NO3. The monoisotopic (exact) mass is 487 g/mol. The zero-order valence-electron chi connectivity index (χ0n) is 19.5. The number of carbonyl (C=O) groups is 1. The first-order valence-electron chi connectivity index (χ1n) is 11.5. The average Bonchev–Trinajstić information content (AvgIpc) is 3.10. The summed E-state index contributed by atoms with van der Waals surface area (Å²) in [5.74, 6) is 0.841. The van der Waals surface area contributed by atoms with Gasteiger partial charge in [-0.3, -0.25) is 4.79 Å². The molecule has 0 atom stereocenters. The lowest BCUT2D eigenvalue weighted by Crippen LogP contribution is -2.44. The molecule has 4 rings (SSSR count). The lowest BCUT2D eigenvalue weighted by molar-refractivity contribution is -0.155. The molecule has 0 unspecified atom stereocenters. The second-order valence-corrected chi connectivity index (χ2v) is 10.8. The second kappa shape index (κ2) is 9.69. The molecule has 2 aromatic carbocycles. The van der Waals surface area contributed by atoms with Crippen LogP contribution in [0, 0.1) is 0 Å². The molecule has 0 radical (unpaired) electrons. The molecule has 1 saturated heterocycles. The Hall–Kier alpha value is -2.01. The van der Waals surface area contributed by atoms with Gasteiger partial charge in [-0.05, 0) is 82.1 Å². The summed E-state index contributed by atoms with van der Waals surface area (Å²) in [6, 6.07) is 11.9. The number of carbonyl (C=O) groups excluding carboxylic acids is 1. The molecular weight excluding hydrogens is 457 g/mol. The quantitative estimate of drug-likeness (QED) is 0.350. The number of piperidine rings is 1. The molecule has 176 valence electrons. The minimum Gasteiger partial charge on any atom is -0.492 e. The molecule has 2 aliphatic heterocycles. The van der Waals surface area contributed by atoms with E-state index in [0.29, 0.717) is 16.5 Å². The normalized spacial score (nSPS) is 17.8. The van der Waals surface area contributed by atoms with Crippen molar-refractivity contribution in [2.75, 3.05) is 26.2 Å². The Kier molecular flexibility index (Phi) is 7.09. The molecule has 33 heavy (non-hydrogen) atoms. The van der Waals surface area contributed by atoms with E-state index in [-0.39, 0.29) is 11.4 Å². The lowest BCUT2D eigenvalue weighted by Gasteiger charge is -2.38. The molecule has 0 bridgehead atoms. The van der Waals surface area contributed by atoms with Crippen molar-refractivity contribution in [3.63, 3.8) is 0 Å². The van der Waals surface area contributed by atoms with Gasteiger partial charge in [0.15, 0.2) is 0 Å². The van der Waals surface area contributed by atoms with Crippen molar-refractivity contribution < 1.29 is 14.3 Å². The number of esters is 1. The van der Waals surface area contributed by atoms with E-state index in [1.165, 1.54) is 5.56 Å². The maximum absolute atomic E-state index is 12.0. The van der Waals surface area contributed by atoms with Gasteiger partial charge in [-0.15, -0.1) is 0 Å². The van der Waals surface area contributed by atoms with Crippen LogP contribution < -0.4 is 4.74 Å². The van der Waals surface area contributed by atoms with Gasteiger partial charge in [-0.2, -0.15) is 0 Å². The molecule has 0 aromatic heterocycles. The number of likely N-dealkylation sites (tertiary alicyclic amines) is 1. The van der Waals surface area contributed by atoms with E-state index in [0.717, 1.165) is 56.0 Å². The third kappa shape index (κ3) is 5.92. The van der Waals surface area contributed by atoms with Crippen molar-refractivity contribution in [2.24, 2.45) is 0 Å². The van der Waals surface area contributed by atoms with Crippen molar-refractivity contribution in [3.05, 3.63) is 63.1 Å². The molecule has 1 spiro atoms. The van der Waals surface area contributed by atoms with Gasteiger partial charge in [0.25, 0.3) is 0 Å². The maximum atomic E-state index is 12.0. The van der Waals surface area contributed by atoms with Crippen molar-refractivity contribution in [2.45, 2.75) is 51.0 Å². The Morgan fingerprint density at radius 1 is 1.12 bits per heavy atom. The summed E-state index contributed by atoms with van der Waals surface area (Å²) in [7, 11) is 0. The van der Waals surface area contributed by atoms with Gasteiger partial charge in [0.2, 0.25) is 0 Å². The van der Waals surface area contributed by atoms with Gasteiger partial charge in [-0.25, -0.2) is 0 Å². The van der Waals surface area contributed by atoms with E-state index in [2.05, 4.69) is 23.1 Å². The predicted molar refractivity (Wildman–Crippen MR) is 135 cm³/mol. The van der Waals surface area contributed by atoms with Crippen LogP contribution in [0.25, 0.3) is 12.2 Å². The third-order valence-corrected chi connectivity index (χ3v) is 6.94. The Bertz CT molecular complexity index is 1050. The summed E-state index contributed by atoms with van der Waals surface area (Å²) in [5.41, 5.74) is 2.89. The van der Waals surface area contributed by atoms with Crippen LogP contribution in [0.4, 0.5) is 0 Å². The molecule has 0 N–H and O–H groups in total. The predicted octanol–water partition coefficient (Wildman–Crippen LogP) is 6.62. The van der Waals surface area contributed by atoms with Gasteiger partial charge in [-0.1, -0.05) is 47.5 Å². The summed E-state index contributed by atoms with van der Waals surface area (Å²) in [5, 5.41) is 1.33. The summed E-state index contributed by atoms with van der Waals surface area (Å²) in [6.07, 6.45) is 6.50. The zero-order chi connectivity index (χ0) is 23.6. The highest BCUT2D eigenvalue weighted by Gasteiger charge is 2.43. The average molecular weight is 488 g/mol. The molecule has 4 nitrogen and oxygen atoms in total. The fraction of sp³-hybridized carbons (Fsp3) is 0.444. The zero-order valence-corrected chi connectivity index (χ0v) is 21.0. The number of benzene rings is 2. The number of ether oxygens (including phenoxy) is 2. The van der Waals surface area contributed by atoms with E-state index in [4.69, 9.17) is 32.7 Å². The third-order valence-electron chi connectivity index (χ3n) is 6.36. The van der Waals surface area contributed by atoms with Crippen LogP contribution >= 0.6 is 23.2 Å². The minimum absolute atomic E-state index is 0.0657. The minimum atomic E-state index is -0.428. The molecule has 0 amide bonds. The second-order valence-electron chi connectivity index (χ2n) is 10.0. The van der Waals surface area contributed by atoms with E-state index in [1.807, 2.05) is 39.0 Å². The highest BCUT2D eigenvalue weighted by Crippen LogP contribution is 2.46. The Labute approximate surface area is 206 Å². The van der Waals surface area contributed by atoms with E-state index < -0.39 is 5.60 Å². The maximum Gasteiger partial charge on any atom is 0.307 e. The highest BCUT2D eigenvalue weighted by molar-refractivity contribution is 6.34. The van der Waals surface area contributed by atoms with Gasteiger partial charge in [0.1, 0.15) is 11.4 Å². The van der Waals surface area contributed by atoms with Crippen molar-refractivity contribution in [1.82, 2.24) is 4.90 Å². The molecule has 0 saturated carbocycles. The molecule has 0 aliphatic carbocycles. The Balaban J connectivity index is 1.37. The molecule has 2 heterocycles. The standard InChI is InChI=1S/C27H31Cl2NO3/c1-26(2,3)33-25(31)10-13-30-14-11-27(12-15-30)18-32-24-16-19(5-8-22(24)27)4-6-20-17-21(28)7-9-23(20)29/h4-9,16-17H,10-15,18H2,1-3H3. The number of nitrogens with zero attached hydrogens (tertiary/aromatic N) is 1. The van der Waals surface area contributed by atoms with E-state index >= 15 is 0 Å². The topological polar surface area (TPSA) is 38.8 Å². The molecule has 2 aliphatic rings. The van der Waals surface area contributed by atoms with Crippen molar-refractivity contribution in [1.29, 1.82) is 0 Å². The van der Waals surface area contributed by atoms with Crippen LogP contribution in [0.1, 0.15) is 56.7 Å². The van der Waals surface area contributed by atoms with Crippen LogP contribution in [-0.4, -0.2) is 42.7 Å².